The fourth-order valence-electron chi connectivity index (χ4n) is 2.41. The largest absolute Gasteiger partial charge is 0.352 e. The number of nitrogens with one attached hydrogen (secondary N) is 1. The molecule has 17 heavy (non-hydrogen) atoms. The first-order valence-electron chi connectivity index (χ1n) is 5.98. The van der Waals surface area contributed by atoms with Crippen molar-refractivity contribution in [1.29, 1.82) is 0 Å². The number of aromatic nitrogens is 3. The smallest absolute Gasteiger partial charge is 0.222 e. The Hall–Kier alpha value is -1.84. The quantitative estimate of drug-likeness (QED) is 0.815. The summed E-state index contributed by atoms with van der Waals surface area (Å²) in [5.74, 6) is 1.71. The first-order chi connectivity index (χ1) is 8.24. The zero-order valence-corrected chi connectivity index (χ0v) is 10.1. The summed E-state index contributed by atoms with van der Waals surface area (Å²) in [6, 6.07) is 11.2. The average molecular weight is 228 g/mol. The lowest BCUT2D eigenvalue weighted by Gasteiger charge is -2.29. The number of rotatable bonds is 1. The van der Waals surface area contributed by atoms with E-state index in [1.54, 1.807) is 0 Å². The molecule has 0 radical (unpaired) electrons. The number of aryl methyl sites for hydroxylation is 1. The fourth-order valence-corrected chi connectivity index (χ4v) is 2.41. The van der Waals surface area contributed by atoms with Gasteiger partial charge >= 0.3 is 0 Å². The van der Waals surface area contributed by atoms with Gasteiger partial charge in [-0.2, -0.15) is 10.1 Å². The number of fused-ring (bicyclic) bond motifs is 1. The van der Waals surface area contributed by atoms with E-state index in [9.17, 15) is 0 Å². The number of benzene rings is 1. The Morgan fingerprint density at radius 3 is 2.82 bits per heavy atom. The molecule has 0 unspecified atom stereocenters. The van der Waals surface area contributed by atoms with Gasteiger partial charge in [-0.1, -0.05) is 30.3 Å². The second kappa shape index (κ2) is 3.87. The number of hydrogen-bond acceptors (Lipinski definition) is 3. The first-order valence-corrected chi connectivity index (χ1v) is 5.98. The Bertz CT molecular complexity index is 517. The van der Waals surface area contributed by atoms with Crippen molar-refractivity contribution in [3.8, 4) is 0 Å². The van der Waals surface area contributed by atoms with E-state index in [0.717, 1.165) is 18.2 Å². The molecule has 88 valence electrons. The van der Waals surface area contributed by atoms with E-state index < -0.39 is 0 Å². The monoisotopic (exact) mass is 228 g/mol. The molecule has 1 aliphatic rings. The molecule has 1 N–H and O–H groups in total. The molecular weight excluding hydrogens is 212 g/mol. The lowest BCUT2D eigenvalue weighted by Crippen LogP contribution is -2.31. The molecular formula is C13H16N4. The van der Waals surface area contributed by atoms with Crippen LogP contribution in [0.15, 0.2) is 30.3 Å². The van der Waals surface area contributed by atoms with Gasteiger partial charge in [-0.15, -0.1) is 0 Å². The molecule has 2 aromatic rings. The molecule has 4 heteroatoms. The van der Waals surface area contributed by atoms with Crippen LogP contribution in [-0.2, 0) is 0 Å². The molecule has 1 aromatic heterocycles. The number of hydrogen-bond donors (Lipinski definition) is 1. The Balaban J connectivity index is 2.06. The summed E-state index contributed by atoms with van der Waals surface area (Å²) in [5.41, 5.74) is 1.30. The maximum atomic E-state index is 4.49. The minimum absolute atomic E-state index is 0.295. The Kier molecular flexibility index (Phi) is 2.35. The van der Waals surface area contributed by atoms with Crippen molar-refractivity contribution in [2.75, 3.05) is 5.32 Å². The summed E-state index contributed by atoms with van der Waals surface area (Å²) in [6.07, 6.45) is 1.04. The molecule has 2 atom stereocenters. The Morgan fingerprint density at radius 1 is 1.29 bits per heavy atom. The van der Waals surface area contributed by atoms with Gasteiger partial charge in [0.15, 0.2) is 0 Å². The van der Waals surface area contributed by atoms with E-state index in [1.807, 2.05) is 17.7 Å². The molecule has 0 amide bonds. The minimum atomic E-state index is 0.295. The summed E-state index contributed by atoms with van der Waals surface area (Å²) in [5, 5.41) is 7.86. The highest BCUT2D eigenvalue weighted by atomic mass is 15.4. The van der Waals surface area contributed by atoms with Gasteiger partial charge in [-0.3, -0.25) is 0 Å². The molecule has 3 rings (SSSR count). The average Bonchev–Trinajstić information content (AvgIpc) is 2.69. The van der Waals surface area contributed by atoms with E-state index in [0.29, 0.717) is 12.1 Å². The predicted molar refractivity (Wildman–Crippen MR) is 67.0 cm³/mol. The van der Waals surface area contributed by atoms with E-state index in [2.05, 4.69) is 46.6 Å². The number of anilines is 1. The summed E-state index contributed by atoms with van der Waals surface area (Å²) in [6.45, 7) is 4.11. The van der Waals surface area contributed by atoms with E-state index >= 15 is 0 Å². The van der Waals surface area contributed by atoms with Crippen LogP contribution >= 0.6 is 0 Å². The van der Waals surface area contributed by atoms with Crippen molar-refractivity contribution in [2.24, 2.45) is 0 Å². The third-order valence-corrected chi connectivity index (χ3v) is 3.17. The molecule has 2 heterocycles. The van der Waals surface area contributed by atoms with Crippen LogP contribution in [0, 0.1) is 6.92 Å². The Labute approximate surface area is 101 Å². The van der Waals surface area contributed by atoms with Crippen molar-refractivity contribution in [2.45, 2.75) is 32.4 Å². The van der Waals surface area contributed by atoms with Crippen molar-refractivity contribution >= 4 is 5.95 Å². The van der Waals surface area contributed by atoms with E-state index in [-0.39, 0.29) is 0 Å². The zero-order valence-electron chi connectivity index (χ0n) is 10.1. The molecule has 1 aromatic carbocycles. The van der Waals surface area contributed by atoms with Crippen LogP contribution in [0.3, 0.4) is 0 Å². The van der Waals surface area contributed by atoms with Crippen LogP contribution in [-0.4, -0.2) is 20.8 Å². The second-order valence-electron chi connectivity index (χ2n) is 4.63. The molecule has 0 saturated heterocycles. The van der Waals surface area contributed by atoms with Gasteiger partial charge in [0.25, 0.3) is 0 Å². The molecule has 0 saturated carbocycles. The van der Waals surface area contributed by atoms with Gasteiger partial charge in [0.05, 0.1) is 6.04 Å². The van der Waals surface area contributed by atoms with Gasteiger partial charge in [-0.25, -0.2) is 4.68 Å². The van der Waals surface area contributed by atoms with Crippen molar-refractivity contribution < 1.29 is 0 Å². The van der Waals surface area contributed by atoms with Crippen molar-refractivity contribution in [3.05, 3.63) is 41.7 Å². The van der Waals surface area contributed by atoms with Crippen LogP contribution < -0.4 is 5.32 Å². The maximum absolute atomic E-state index is 4.49. The fraction of sp³-hybridized carbons (Fsp3) is 0.385. The lowest BCUT2D eigenvalue weighted by molar-refractivity contribution is 0.436. The highest BCUT2D eigenvalue weighted by Crippen LogP contribution is 2.30. The predicted octanol–water partition coefficient (Wildman–Crippen LogP) is 2.38. The van der Waals surface area contributed by atoms with Gasteiger partial charge in [-0.05, 0) is 25.8 Å². The van der Waals surface area contributed by atoms with Gasteiger partial charge in [0, 0.05) is 6.04 Å². The van der Waals surface area contributed by atoms with Gasteiger partial charge < -0.3 is 5.32 Å². The Morgan fingerprint density at radius 2 is 2.06 bits per heavy atom. The van der Waals surface area contributed by atoms with Crippen LogP contribution in [0.5, 0.6) is 0 Å². The maximum Gasteiger partial charge on any atom is 0.222 e. The van der Waals surface area contributed by atoms with Crippen LogP contribution in [0.2, 0.25) is 0 Å². The summed E-state index contributed by atoms with van der Waals surface area (Å²) < 4.78 is 2.00. The SMILES string of the molecule is Cc1nc2n(n1)[C@H](c1ccccc1)C[C@@H](C)N2. The summed E-state index contributed by atoms with van der Waals surface area (Å²) in [7, 11) is 0. The normalized spacial score (nSPS) is 22.9. The minimum Gasteiger partial charge on any atom is -0.352 e. The lowest BCUT2D eigenvalue weighted by atomic mass is 9.99. The number of nitrogens with zero attached hydrogens (tertiary/aromatic N) is 3. The van der Waals surface area contributed by atoms with Crippen LogP contribution in [0.25, 0.3) is 0 Å². The molecule has 0 fully saturated rings. The van der Waals surface area contributed by atoms with Crippen LogP contribution in [0.1, 0.15) is 30.8 Å². The summed E-state index contributed by atoms with van der Waals surface area (Å²) in [4.78, 5) is 4.42. The third-order valence-electron chi connectivity index (χ3n) is 3.17. The second-order valence-corrected chi connectivity index (χ2v) is 4.63. The topological polar surface area (TPSA) is 42.7 Å². The van der Waals surface area contributed by atoms with Crippen molar-refractivity contribution in [3.63, 3.8) is 0 Å². The molecule has 1 aliphatic heterocycles. The highest BCUT2D eigenvalue weighted by molar-refractivity contribution is 5.34. The third kappa shape index (κ3) is 1.79. The van der Waals surface area contributed by atoms with Gasteiger partial charge in [0.1, 0.15) is 5.82 Å². The van der Waals surface area contributed by atoms with Gasteiger partial charge in [0.2, 0.25) is 5.95 Å². The van der Waals surface area contributed by atoms with E-state index in [1.165, 1.54) is 5.56 Å². The zero-order chi connectivity index (χ0) is 11.8. The first kappa shape index (κ1) is 10.3. The van der Waals surface area contributed by atoms with E-state index in [4.69, 9.17) is 0 Å². The molecule has 0 bridgehead atoms. The standard InChI is InChI=1S/C13H16N4/c1-9-8-12(11-6-4-3-5-7-11)17-13(14-9)15-10(2)16-17/h3-7,9,12H,8H2,1-2H3,(H,14,15,16)/t9-,12+/m1/s1. The molecule has 0 aliphatic carbocycles. The highest BCUT2D eigenvalue weighted by Gasteiger charge is 2.27. The molecule has 0 spiro atoms. The van der Waals surface area contributed by atoms with Crippen molar-refractivity contribution in [1.82, 2.24) is 14.8 Å². The summed E-state index contributed by atoms with van der Waals surface area (Å²) >= 11 is 0. The molecule has 4 nitrogen and oxygen atoms in total. The van der Waals surface area contributed by atoms with Crippen LogP contribution in [0.4, 0.5) is 5.95 Å².